The van der Waals surface area contributed by atoms with Crippen LogP contribution in [-0.4, -0.2) is 30.1 Å². The highest BCUT2D eigenvalue weighted by Gasteiger charge is 2.30. The van der Waals surface area contributed by atoms with Crippen LogP contribution in [0.2, 0.25) is 0 Å². The summed E-state index contributed by atoms with van der Waals surface area (Å²) in [5.41, 5.74) is 3.00. The highest BCUT2D eigenvalue weighted by Crippen LogP contribution is 2.27. The van der Waals surface area contributed by atoms with E-state index >= 15 is 0 Å². The number of nitrogens with one attached hydrogen (secondary N) is 1. The highest BCUT2D eigenvalue weighted by atomic mass is 16.6. The zero-order chi connectivity index (χ0) is 13.1. The minimum Gasteiger partial charge on any atom is -0.450 e. The van der Waals surface area contributed by atoms with Gasteiger partial charge in [0.15, 0.2) is 12.5 Å². The Bertz CT molecular complexity index is 473. The molecular weight excluding hydrogens is 232 g/mol. The first-order chi connectivity index (χ1) is 8.67. The largest absolute Gasteiger partial charge is 0.450 e. The number of aldehydes is 1. The average molecular weight is 248 g/mol. The number of fused-ring (bicyclic) bond motifs is 1. The Kier molecular flexibility index (Phi) is 3.50. The van der Waals surface area contributed by atoms with E-state index in [0.717, 1.165) is 16.8 Å². The molecule has 0 radical (unpaired) electrons. The molecule has 18 heavy (non-hydrogen) atoms. The van der Waals surface area contributed by atoms with Crippen molar-refractivity contribution in [3.05, 3.63) is 29.3 Å². The number of benzene rings is 1. The molecule has 0 fully saturated rings. The number of amides is 1. The molecule has 0 bridgehead atoms. The van der Waals surface area contributed by atoms with Crippen molar-refractivity contribution >= 4 is 18.1 Å². The predicted octanol–water partition coefficient (Wildman–Crippen LogP) is 1.90. The van der Waals surface area contributed by atoms with E-state index in [9.17, 15) is 9.59 Å². The van der Waals surface area contributed by atoms with Crippen LogP contribution < -0.4 is 5.32 Å². The molecule has 1 amide bonds. The maximum absolute atomic E-state index is 11.8. The Morgan fingerprint density at radius 3 is 3.06 bits per heavy atom. The molecule has 1 heterocycles. The van der Waals surface area contributed by atoms with Gasteiger partial charge in [-0.05, 0) is 31.0 Å². The van der Waals surface area contributed by atoms with Crippen molar-refractivity contribution in [2.24, 2.45) is 0 Å². The summed E-state index contributed by atoms with van der Waals surface area (Å²) in [5, 5.41) is 3.03. The topological polar surface area (TPSA) is 58.6 Å². The lowest BCUT2D eigenvalue weighted by atomic mass is 10.0. The van der Waals surface area contributed by atoms with Gasteiger partial charge in [-0.25, -0.2) is 4.79 Å². The summed E-state index contributed by atoms with van der Waals surface area (Å²) in [5.74, 6) is 0. The van der Waals surface area contributed by atoms with E-state index in [2.05, 4.69) is 5.32 Å². The number of carbonyl (C=O) groups excluding carboxylic acids is 2. The van der Waals surface area contributed by atoms with Gasteiger partial charge in [0, 0.05) is 5.69 Å². The van der Waals surface area contributed by atoms with Crippen molar-refractivity contribution in [2.75, 3.05) is 11.9 Å². The second-order valence-electron chi connectivity index (χ2n) is 4.15. The molecule has 1 aromatic carbocycles. The van der Waals surface area contributed by atoms with Gasteiger partial charge in [-0.15, -0.1) is 0 Å². The maximum atomic E-state index is 11.8. The van der Waals surface area contributed by atoms with Crippen LogP contribution >= 0.6 is 0 Å². The molecule has 96 valence electrons. The van der Waals surface area contributed by atoms with Crippen molar-refractivity contribution in [3.63, 3.8) is 0 Å². The first kappa shape index (κ1) is 12.4. The van der Waals surface area contributed by atoms with E-state index in [1.165, 1.54) is 4.90 Å². The lowest BCUT2D eigenvalue weighted by molar-refractivity contribution is -0.111. The molecule has 0 saturated heterocycles. The van der Waals surface area contributed by atoms with Crippen LogP contribution in [0.1, 0.15) is 18.1 Å². The van der Waals surface area contributed by atoms with Crippen molar-refractivity contribution in [2.45, 2.75) is 26.6 Å². The quantitative estimate of drug-likeness (QED) is 0.812. The molecular formula is C13H16N2O3. The van der Waals surface area contributed by atoms with Crippen LogP contribution in [0, 0.1) is 6.92 Å². The number of nitrogens with zero attached hydrogens (tertiary/aromatic N) is 1. The van der Waals surface area contributed by atoms with Gasteiger partial charge in [0.1, 0.15) is 0 Å². The van der Waals surface area contributed by atoms with Crippen LogP contribution in [0.4, 0.5) is 10.5 Å². The molecule has 0 aromatic heterocycles. The summed E-state index contributed by atoms with van der Waals surface area (Å²) in [6, 6.07) is 5.80. The van der Waals surface area contributed by atoms with Crippen molar-refractivity contribution < 1.29 is 14.3 Å². The summed E-state index contributed by atoms with van der Waals surface area (Å²) in [4.78, 5) is 24.2. The fourth-order valence-corrected chi connectivity index (χ4v) is 2.05. The second kappa shape index (κ2) is 5.08. The molecule has 1 N–H and O–H groups in total. The first-order valence-electron chi connectivity index (χ1n) is 5.91. The number of rotatable bonds is 2. The van der Waals surface area contributed by atoms with E-state index in [-0.39, 0.29) is 0 Å². The molecule has 1 aliphatic rings. The minimum absolute atomic E-state index is 0.293. The Hall–Kier alpha value is -2.04. The van der Waals surface area contributed by atoms with Gasteiger partial charge in [0.25, 0.3) is 0 Å². The lowest BCUT2D eigenvalue weighted by Gasteiger charge is -2.34. The molecule has 1 atom stereocenters. The van der Waals surface area contributed by atoms with Crippen molar-refractivity contribution in [1.29, 1.82) is 0 Å². The minimum atomic E-state index is -0.668. The highest BCUT2D eigenvalue weighted by molar-refractivity contribution is 5.78. The summed E-state index contributed by atoms with van der Waals surface area (Å²) in [6.45, 7) is 4.40. The van der Waals surface area contributed by atoms with E-state index in [4.69, 9.17) is 4.74 Å². The van der Waals surface area contributed by atoms with Gasteiger partial charge in [0.2, 0.25) is 0 Å². The normalized spacial score (nSPS) is 17.7. The molecule has 5 nitrogen and oxygen atoms in total. The van der Waals surface area contributed by atoms with Gasteiger partial charge >= 0.3 is 6.09 Å². The number of hydrogen-bond donors (Lipinski definition) is 1. The van der Waals surface area contributed by atoms with Gasteiger partial charge in [-0.1, -0.05) is 12.1 Å². The van der Waals surface area contributed by atoms with Gasteiger partial charge in [-0.2, -0.15) is 0 Å². The molecule has 1 aliphatic heterocycles. The number of ether oxygens (including phenoxy) is 1. The summed E-state index contributed by atoms with van der Waals surface area (Å²) in [6.07, 6.45) is -0.434. The monoisotopic (exact) mass is 248 g/mol. The Morgan fingerprint density at radius 1 is 1.61 bits per heavy atom. The van der Waals surface area contributed by atoms with Crippen LogP contribution in [-0.2, 0) is 16.1 Å². The zero-order valence-electron chi connectivity index (χ0n) is 10.5. The number of anilines is 1. The predicted molar refractivity (Wildman–Crippen MR) is 67.2 cm³/mol. The van der Waals surface area contributed by atoms with E-state index in [1.807, 2.05) is 25.1 Å². The fraction of sp³-hybridized carbons (Fsp3) is 0.385. The standard InChI is InChI=1S/C13H16N2O3/c1-3-18-13(17)15-7-10-9(2)5-4-6-11(10)14-12(15)8-16/h4-6,8,12,14H,3,7H2,1-2H3. The molecule has 2 rings (SSSR count). The zero-order valence-corrected chi connectivity index (χ0v) is 10.5. The fourth-order valence-electron chi connectivity index (χ4n) is 2.05. The van der Waals surface area contributed by atoms with E-state index in [0.29, 0.717) is 19.4 Å². The molecule has 0 aliphatic carbocycles. The Morgan fingerprint density at radius 2 is 2.39 bits per heavy atom. The third-order valence-electron chi connectivity index (χ3n) is 3.01. The number of carbonyl (C=O) groups is 2. The third-order valence-corrected chi connectivity index (χ3v) is 3.01. The summed E-state index contributed by atoms with van der Waals surface area (Å²) >= 11 is 0. The Labute approximate surface area is 106 Å². The second-order valence-corrected chi connectivity index (χ2v) is 4.15. The van der Waals surface area contributed by atoms with Crippen molar-refractivity contribution in [3.8, 4) is 0 Å². The van der Waals surface area contributed by atoms with Crippen molar-refractivity contribution in [1.82, 2.24) is 4.90 Å². The van der Waals surface area contributed by atoms with Gasteiger partial charge in [0.05, 0.1) is 13.2 Å². The summed E-state index contributed by atoms with van der Waals surface area (Å²) in [7, 11) is 0. The van der Waals surface area contributed by atoms with Gasteiger partial charge in [-0.3, -0.25) is 9.69 Å². The molecule has 1 unspecified atom stereocenters. The van der Waals surface area contributed by atoms with Crippen LogP contribution in [0.5, 0.6) is 0 Å². The molecule has 0 saturated carbocycles. The van der Waals surface area contributed by atoms with Gasteiger partial charge < -0.3 is 10.1 Å². The lowest BCUT2D eigenvalue weighted by Crippen LogP contribution is -2.48. The first-order valence-corrected chi connectivity index (χ1v) is 5.91. The maximum Gasteiger partial charge on any atom is 0.412 e. The smallest absolute Gasteiger partial charge is 0.412 e. The van der Waals surface area contributed by atoms with E-state index < -0.39 is 12.3 Å². The van der Waals surface area contributed by atoms with E-state index in [1.54, 1.807) is 6.92 Å². The molecule has 1 aromatic rings. The summed E-state index contributed by atoms with van der Waals surface area (Å²) < 4.78 is 4.96. The number of aryl methyl sites for hydroxylation is 1. The average Bonchev–Trinajstić information content (AvgIpc) is 2.38. The molecule has 0 spiro atoms. The Balaban J connectivity index is 2.31. The third kappa shape index (κ3) is 2.16. The SMILES string of the molecule is CCOC(=O)N1Cc2c(C)cccc2NC1C=O. The van der Waals surface area contributed by atoms with Crippen LogP contribution in [0.15, 0.2) is 18.2 Å². The van der Waals surface area contributed by atoms with Crippen LogP contribution in [0.3, 0.4) is 0 Å². The number of hydrogen-bond acceptors (Lipinski definition) is 4. The van der Waals surface area contributed by atoms with Crippen LogP contribution in [0.25, 0.3) is 0 Å². The molecule has 5 heteroatoms.